The van der Waals surface area contributed by atoms with Crippen molar-refractivity contribution >= 4 is 18.4 Å². The van der Waals surface area contributed by atoms with Crippen LogP contribution in [0.3, 0.4) is 0 Å². The summed E-state index contributed by atoms with van der Waals surface area (Å²) in [7, 11) is 0. The van der Waals surface area contributed by atoms with Gasteiger partial charge in [0.25, 0.3) is 0 Å². The number of ether oxygens (including phenoxy) is 1. The molecule has 1 aromatic rings. The van der Waals surface area contributed by atoms with Gasteiger partial charge in [0.1, 0.15) is 12.5 Å². The minimum Gasteiger partial charge on any atom is -0.464 e. The predicted octanol–water partition coefficient (Wildman–Crippen LogP) is 4.02. The number of carbonyl (C=O) groups is 1. The van der Waals surface area contributed by atoms with Crippen molar-refractivity contribution in [2.24, 2.45) is 5.92 Å². The Morgan fingerprint density at radius 2 is 1.96 bits per heavy atom. The van der Waals surface area contributed by atoms with Crippen LogP contribution in [0.15, 0.2) is 30.3 Å². The van der Waals surface area contributed by atoms with Crippen molar-refractivity contribution in [1.29, 1.82) is 0 Å². The van der Waals surface area contributed by atoms with Gasteiger partial charge in [0.15, 0.2) is 0 Å². The number of rotatable bonds is 8. The lowest BCUT2D eigenvalue weighted by molar-refractivity contribution is -0.155. The summed E-state index contributed by atoms with van der Waals surface area (Å²) in [5.41, 5.74) is -0.155. The Hall–Kier alpha value is -1.10. The first kappa shape index (κ1) is 22.9. The molecule has 0 amide bonds. The van der Waals surface area contributed by atoms with E-state index in [0.29, 0.717) is 25.4 Å². The third-order valence-corrected chi connectivity index (χ3v) is 5.46. The number of esters is 1. The van der Waals surface area contributed by atoms with Gasteiger partial charge in [-0.3, -0.25) is 4.79 Å². The summed E-state index contributed by atoms with van der Waals surface area (Å²) in [5, 5.41) is 11.3. The van der Waals surface area contributed by atoms with Gasteiger partial charge < -0.3 is 14.7 Å². The van der Waals surface area contributed by atoms with E-state index in [9.17, 15) is 9.90 Å². The number of hydrogen-bond acceptors (Lipinski definition) is 4. The van der Waals surface area contributed by atoms with E-state index in [1.165, 1.54) is 0 Å². The number of benzene rings is 1. The van der Waals surface area contributed by atoms with Crippen molar-refractivity contribution in [3.05, 3.63) is 35.9 Å². The van der Waals surface area contributed by atoms with Gasteiger partial charge in [-0.1, -0.05) is 63.9 Å². The SMILES string of the molecule is CCN(CC)CCOC(=O)C(c1ccccc1)C1(O)CCCC(C)C1.Cl. The van der Waals surface area contributed by atoms with Gasteiger partial charge in [0.05, 0.1) is 5.60 Å². The first-order valence-electron chi connectivity index (χ1n) is 9.66. The second-order valence-corrected chi connectivity index (χ2v) is 7.34. The van der Waals surface area contributed by atoms with E-state index in [4.69, 9.17) is 4.74 Å². The second kappa shape index (κ2) is 10.9. The number of likely N-dealkylation sites (N-methyl/N-ethyl adjacent to an activating group) is 1. The third kappa shape index (κ3) is 5.97. The van der Waals surface area contributed by atoms with Crippen LogP contribution in [0, 0.1) is 5.92 Å². The first-order valence-corrected chi connectivity index (χ1v) is 9.66. The Balaban J connectivity index is 0.00000338. The maximum Gasteiger partial charge on any atom is 0.316 e. The summed E-state index contributed by atoms with van der Waals surface area (Å²) in [6, 6.07) is 9.61. The zero-order valence-electron chi connectivity index (χ0n) is 16.3. The van der Waals surface area contributed by atoms with E-state index in [-0.39, 0.29) is 18.4 Å². The van der Waals surface area contributed by atoms with E-state index in [1.54, 1.807) is 0 Å². The molecule has 1 saturated carbocycles. The molecule has 26 heavy (non-hydrogen) atoms. The van der Waals surface area contributed by atoms with Crippen molar-refractivity contribution in [3.8, 4) is 0 Å². The molecule has 2 rings (SSSR count). The Kier molecular flexibility index (Phi) is 9.62. The third-order valence-electron chi connectivity index (χ3n) is 5.46. The minimum atomic E-state index is -1.01. The first-order chi connectivity index (χ1) is 12.0. The molecule has 0 saturated heterocycles. The molecule has 0 aliphatic heterocycles. The highest BCUT2D eigenvalue weighted by atomic mass is 35.5. The topological polar surface area (TPSA) is 49.8 Å². The molecule has 148 valence electrons. The average molecular weight is 384 g/mol. The fourth-order valence-electron chi connectivity index (χ4n) is 4.04. The normalized spacial score (nSPS) is 24.0. The standard InChI is InChI=1S/C21H33NO3.ClH/c1-4-22(5-2)14-15-25-20(23)19(18-11-7-6-8-12-18)21(24)13-9-10-17(3)16-21;/h6-8,11-12,17,19,24H,4-5,9-10,13-16H2,1-3H3;1H. The maximum atomic E-state index is 12.9. The summed E-state index contributed by atoms with van der Waals surface area (Å²) in [5.74, 6) is -0.475. The molecule has 0 spiro atoms. The molecule has 0 radical (unpaired) electrons. The summed E-state index contributed by atoms with van der Waals surface area (Å²) in [6.45, 7) is 9.34. The van der Waals surface area contributed by atoms with Crippen LogP contribution >= 0.6 is 12.4 Å². The second-order valence-electron chi connectivity index (χ2n) is 7.34. The largest absolute Gasteiger partial charge is 0.464 e. The van der Waals surface area contributed by atoms with Crippen molar-refractivity contribution in [2.75, 3.05) is 26.2 Å². The Morgan fingerprint density at radius 1 is 1.31 bits per heavy atom. The number of aliphatic hydroxyl groups is 1. The fourth-order valence-corrected chi connectivity index (χ4v) is 4.04. The molecule has 1 fully saturated rings. The lowest BCUT2D eigenvalue weighted by atomic mass is 9.69. The van der Waals surface area contributed by atoms with Crippen molar-refractivity contribution < 1.29 is 14.6 Å². The summed E-state index contributed by atoms with van der Waals surface area (Å²) < 4.78 is 5.61. The van der Waals surface area contributed by atoms with E-state index >= 15 is 0 Å². The van der Waals surface area contributed by atoms with E-state index < -0.39 is 11.5 Å². The molecule has 5 heteroatoms. The number of carbonyl (C=O) groups excluding carboxylic acids is 1. The molecule has 1 aromatic carbocycles. The molecule has 4 nitrogen and oxygen atoms in total. The number of nitrogens with zero attached hydrogens (tertiary/aromatic N) is 1. The average Bonchev–Trinajstić information content (AvgIpc) is 2.59. The highest BCUT2D eigenvalue weighted by Crippen LogP contribution is 2.42. The molecule has 1 aliphatic rings. The van der Waals surface area contributed by atoms with E-state index in [2.05, 4.69) is 25.7 Å². The van der Waals surface area contributed by atoms with Gasteiger partial charge in [0, 0.05) is 6.54 Å². The zero-order chi connectivity index (χ0) is 18.3. The minimum absolute atomic E-state index is 0. The molecule has 1 N–H and O–H groups in total. The Bertz CT molecular complexity index is 535. The lowest BCUT2D eigenvalue weighted by Gasteiger charge is -2.40. The van der Waals surface area contributed by atoms with Crippen LogP contribution in [0.2, 0.25) is 0 Å². The van der Waals surface area contributed by atoms with Crippen LogP contribution in [0.4, 0.5) is 0 Å². The monoisotopic (exact) mass is 383 g/mol. The highest BCUT2D eigenvalue weighted by molar-refractivity contribution is 5.85. The molecular weight excluding hydrogens is 350 g/mol. The molecular formula is C21H34ClNO3. The molecule has 0 aromatic heterocycles. The van der Waals surface area contributed by atoms with Gasteiger partial charge in [0.2, 0.25) is 0 Å². The Morgan fingerprint density at radius 3 is 2.54 bits per heavy atom. The predicted molar refractivity (Wildman–Crippen MR) is 108 cm³/mol. The van der Waals surface area contributed by atoms with Crippen LogP contribution in [0.25, 0.3) is 0 Å². The molecule has 0 bridgehead atoms. The Labute approximate surface area is 164 Å². The van der Waals surface area contributed by atoms with Gasteiger partial charge in [-0.2, -0.15) is 0 Å². The summed E-state index contributed by atoms with van der Waals surface area (Å²) in [4.78, 5) is 15.1. The van der Waals surface area contributed by atoms with Crippen molar-refractivity contribution in [3.63, 3.8) is 0 Å². The van der Waals surface area contributed by atoms with E-state index in [1.807, 2.05) is 30.3 Å². The lowest BCUT2D eigenvalue weighted by Crippen LogP contribution is -2.45. The molecule has 0 heterocycles. The number of hydrogen-bond donors (Lipinski definition) is 1. The van der Waals surface area contributed by atoms with Gasteiger partial charge in [-0.25, -0.2) is 0 Å². The summed E-state index contributed by atoms with van der Waals surface area (Å²) in [6.07, 6.45) is 3.37. The van der Waals surface area contributed by atoms with Gasteiger partial charge in [-0.15, -0.1) is 12.4 Å². The maximum absolute atomic E-state index is 12.9. The zero-order valence-corrected chi connectivity index (χ0v) is 17.1. The summed E-state index contributed by atoms with van der Waals surface area (Å²) >= 11 is 0. The van der Waals surface area contributed by atoms with Crippen molar-refractivity contribution in [1.82, 2.24) is 4.90 Å². The van der Waals surface area contributed by atoms with Crippen LogP contribution in [0.1, 0.15) is 57.9 Å². The van der Waals surface area contributed by atoms with Crippen LogP contribution < -0.4 is 0 Å². The van der Waals surface area contributed by atoms with Crippen LogP contribution in [-0.4, -0.2) is 47.8 Å². The smallest absolute Gasteiger partial charge is 0.316 e. The van der Waals surface area contributed by atoms with Crippen molar-refractivity contribution in [2.45, 2.75) is 58.0 Å². The van der Waals surface area contributed by atoms with Crippen LogP contribution in [-0.2, 0) is 9.53 Å². The van der Waals surface area contributed by atoms with Gasteiger partial charge >= 0.3 is 5.97 Å². The highest BCUT2D eigenvalue weighted by Gasteiger charge is 2.45. The molecule has 1 aliphatic carbocycles. The molecule has 3 unspecified atom stereocenters. The number of halogens is 1. The quantitative estimate of drug-likeness (QED) is 0.689. The van der Waals surface area contributed by atoms with Gasteiger partial charge in [-0.05, 0) is 37.4 Å². The van der Waals surface area contributed by atoms with E-state index in [0.717, 1.165) is 38.0 Å². The molecule has 3 atom stereocenters. The fraction of sp³-hybridized carbons (Fsp3) is 0.667. The van der Waals surface area contributed by atoms with Crippen LogP contribution in [0.5, 0.6) is 0 Å².